The van der Waals surface area contributed by atoms with Crippen LogP contribution in [-0.2, 0) is 16.1 Å². The third-order valence-electron chi connectivity index (χ3n) is 4.43. The lowest BCUT2D eigenvalue weighted by atomic mass is 10.2. The Labute approximate surface area is 168 Å². The van der Waals surface area contributed by atoms with Gasteiger partial charge in [0.1, 0.15) is 17.2 Å². The van der Waals surface area contributed by atoms with Crippen LogP contribution in [0.5, 0.6) is 5.75 Å². The predicted molar refractivity (Wildman–Crippen MR) is 104 cm³/mol. The van der Waals surface area contributed by atoms with Crippen LogP contribution >= 0.6 is 0 Å². The second-order valence-electron chi connectivity index (χ2n) is 6.54. The molecule has 0 unspecified atom stereocenters. The van der Waals surface area contributed by atoms with Gasteiger partial charge >= 0.3 is 12.0 Å². The number of furan rings is 1. The van der Waals surface area contributed by atoms with Crippen LogP contribution in [0.1, 0.15) is 42.1 Å². The van der Waals surface area contributed by atoms with E-state index in [0.29, 0.717) is 5.76 Å². The van der Waals surface area contributed by atoms with Gasteiger partial charge in [-0.05, 0) is 49.2 Å². The van der Waals surface area contributed by atoms with Crippen molar-refractivity contribution in [1.82, 2.24) is 10.2 Å². The van der Waals surface area contributed by atoms with Gasteiger partial charge in [0, 0.05) is 0 Å². The highest BCUT2D eigenvalue weighted by Gasteiger charge is 2.34. The van der Waals surface area contributed by atoms with Crippen molar-refractivity contribution >= 4 is 24.0 Å². The number of hydrogen-bond donors (Lipinski definition) is 1. The molecule has 29 heavy (non-hydrogen) atoms. The molecule has 3 rings (SSSR count). The number of nitrogens with one attached hydrogen (secondary N) is 1. The van der Waals surface area contributed by atoms with E-state index in [0.717, 1.165) is 22.6 Å². The van der Waals surface area contributed by atoms with Crippen LogP contribution in [0.3, 0.4) is 0 Å². The normalized spacial score (nSPS) is 16.1. The molecule has 8 heteroatoms. The van der Waals surface area contributed by atoms with Crippen molar-refractivity contribution in [1.29, 1.82) is 0 Å². The number of imide groups is 1. The average molecular weight is 398 g/mol. The zero-order valence-corrected chi connectivity index (χ0v) is 16.4. The number of methoxy groups -OCH3 is 1. The van der Waals surface area contributed by atoms with E-state index < -0.39 is 17.9 Å². The maximum Gasteiger partial charge on any atom is 0.373 e. The first-order valence-corrected chi connectivity index (χ1v) is 9.19. The van der Waals surface area contributed by atoms with Gasteiger partial charge in [0.25, 0.3) is 5.91 Å². The van der Waals surface area contributed by atoms with Crippen molar-refractivity contribution in [3.63, 3.8) is 0 Å². The zero-order valence-electron chi connectivity index (χ0n) is 16.4. The van der Waals surface area contributed by atoms with E-state index in [1.165, 1.54) is 19.2 Å². The van der Waals surface area contributed by atoms with Crippen LogP contribution in [0.25, 0.3) is 6.08 Å². The molecule has 1 N–H and O–H groups in total. The van der Waals surface area contributed by atoms with Gasteiger partial charge in [0.2, 0.25) is 5.76 Å². The minimum absolute atomic E-state index is 0.00465. The molecule has 0 spiro atoms. The first-order chi connectivity index (χ1) is 13.9. The fourth-order valence-electron chi connectivity index (χ4n) is 2.67. The molecule has 0 aliphatic carbocycles. The van der Waals surface area contributed by atoms with Crippen molar-refractivity contribution in [3.8, 4) is 5.75 Å². The first kappa shape index (κ1) is 20.2. The Bertz CT molecular complexity index is 944. The van der Waals surface area contributed by atoms with Crippen molar-refractivity contribution in [2.45, 2.75) is 32.9 Å². The molecule has 2 aromatic rings. The number of nitrogens with zero attached hydrogens (tertiary/aromatic N) is 1. The fourth-order valence-corrected chi connectivity index (χ4v) is 2.67. The van der Waals surface area contributed by atoms with Crippen LogP contribution in [0.4, 0.5) is 4.79 Å². The van der Waals surface area contributed by atoms with Gasteiger partial charge < -0.3 is 19.2 Å². The van der Waals surface area contributed by atoms with Crippen LogP contribution in [-0.4, -0.2) is 36.0 Å². The van der Waals surface area contributed by atoms with E-state index in [1.54, 1.807) is 6.08 Å². The molecular formula is C21H22N2O6. The summed E-state index contributed by atoms with van der Waals surface area (Å²) in [5.41, 5.74) is 0.906. The highest BCUT2D eigenvalue weighted by atomic mass is 16.5. The van der Waals surface area contributed by atoms with Crippen LogP contribution < -0.4 is 10.1 Å². The lowest BCUT2D eigenvalue weighted by Gasteiger charge is -2.12. The summed E-state index contributed by atoms with van der Waals surface area (Å²) in [6.45, 7) is 3.94. The standard InChI is InChI=1S/C21H22N2O6/c1-4-13(2)28-15-7-5-14(6-8-15)11-17-19(24)23(21(26)22-17)12-16-9-10-18(29-16)20(25)27-3/h5-11,13H,4,12H2,1-3H3,(H,22,26)/b17-11-/t13-/m1/s1. The molecule has 1 aliphatic rings. The Morgan fingerprint density at radius 1 is 1.21 bits per heavy atom. The highest BCUT2D eigenvalue weighted by Crippen LogP contribution is 2.20. The number of esters is 1. The molecule has 1 aliphatic heterocycles. The molecule has 1 fully saturated rings. The summed E-state index contributed by atoms with van der Waals surface area (Å²) in [6, 6.07) is 9.63. The minimum atomic E-state index is -0.630. The molecule has 0 bridgehead atoms. The summed E-state index contributed by atoms with van der Waals surface area (Å²) >= 11 is 0. The monoisotopic (exact) mass is 398 g/mol. The SMILES string of the molecule is CC[C@@H](C)Oc1ccc(/C=C2\NC(=O)N(Cc3ccc(C(=O)OC)o3)C2=O)cc1. The van der Waals surface area contributed by atoms with E-state index in [2.05, 4.69) is 10.1 Å². The molecular weight excluding hydrogens is 376 g/mol. The highest BCUT2D eigenvalue weighted by molar-refractivity contribution is 6.13. The van der Waals surface area contributed by atoms with Gasteiger partial charge in [-0.2, -0.15) is 0 Å². The Balaban J connectivity index is 1.69. The topological polar surface area (TPSA) is 98.1 Å². The third-order valence-corrected chi connectivity index (χ3v) is 4.43. The van der Waals surface area contributed by atoms with E-state index in [9.17, 15) is 14.4 Å². The van der Waals surface area contributed by atoms with E-state index >= 15 is 0 Å². The smallest absolute Gasteiger partial charge is 0.373 e. The number of carbonyl (C=O) groups is 3. The Morgan fingerprint density at radius 3 is 2.59 bits per heavy atom. The van der Waals surface area contributed by atoms with Crippen molar-refractivity contribution in [2.24, 2.45) is 0 Å². The van der Waals surface area contributed by atoms with Crippen LogP contribution in [0.2, 0.25) is 0 Å². The third kappa shape index (κ3) is 4.66. The van der Waals surface area contributed by atoms with E-state index in [1.807, 2.05) is 38.1 Å². The number of benzene rings is 1. The van der Waals surface area contributed by atoms with E-state index in [4.69, 9.17) is 9.15 Å². The molecule has 0 radical (unpaired) electrons. The minimum Gasteiger partial charge on any atom is -0.491 e. The lowest BCUT2D eigenvalue weighted by Crippen LogP contribution is -2.30. The van der Waals surface area contributed by atoms with Crippen LogP contribution in [0.15, 0.2) is 46.5 Å². The molecule has 0 saturated carbocycles. The van der Waals surface area contributed by atoms with Crippen molar-refractivity contribution < 1.29 is 28.3 Å². The van der Waals surface area contributed by atoms with Crippen molar-refractivity contribution in [2.75, 3.05) is 7.11 Å². The van der Waals surface area contributed by atoms with Crippen molar-refractivity contribution in [3.05, 3.63) is 59.2 Å². The predicted octanol–water partition coefficient (Wildman–Crippen LogP) is 3.34. The maximum absolute atomic E-state index is 12.6. The summed E-state index contributed by atoms with van der Waals surface area (Å²) in [5.74, 6) is -0.0726. The second-order valence-corrected chi connectivity index (χ2v) is 6.54. The summed E-state index contributed by atoms with van der Waals surface area (Å²) < 4.78 is 15.6. The number of hydrogen-bond acceptors (Lipinski definition) is 6. The number of carbonyl (C=O) groups excluding carboxylic acids is 3. The summed E-state index contributed by atoms with van der Waals surface area (Å²) in [7, 11) is 1.24. The molecule has 1 saturated heterocycles. The van der Waals surface area contributed by atoms with Gasteiger partial charge in [-0.1, -0.05) is 19.1 Å². The lowest BCUT2D eigenvalue weighted by molar-refractivity contribution is -0.123. The quantitative estimate of drug-likeness (QED) is 0.436. The molecule has 2 heterocycles. The molecule has 8 nitrogen and oxygen atoms in total. The zero-order chi connectivity index (χ0) is 21.0. The molecule has 3 amide bonds. The summed E-state index contributed by atoms with van der Waals surface area (Å²) in [4.78, 5) is 37.2. The number of ether oxygens (including phenoxy) is 2. The Hall–Kier alpha value is -3.55. The average Bonchev–Trinajstić information content (AvgIpc) is 3.29. The van der Waals surface area contributed by atoms with Gasteiger partial charge in [0.05, 0.1) is 19.8 Å². The summed E-state index contributed by atoms with van der Waals surface area (Å²) in [5, 5.41) is 2.55. The maximum atomic E-state index is 12.6. The molecule has 152 valence electrons. The van der Waals surface area contributed by atoms with Gasteiger partial charge in [-0.3, -0.25) is 9.69 Å². The Morgan fingerprint density at radius 2 is 1.93 bits per heavy atom. The second kappa shape index (κ2) is 8.64. The van der Waals surface area contributed by atoms with Crippen LogP contribution in [0, 0.1) is 0 Å². The summed E-state index contributed by atoms with van der Waals surface area (Å²) in [6.07, 6.45) is 2.61. The van der Waals surface area contributed by atoms with Gasteiger partial charge in [0.15, 0.2) is 0 Å². The number of urea groups is 1. The van der Waals surface area contributed by atoms with Gasteiger partial charge in [-0.25, -0.2) is 9.59 Å². The fraction of sp³-hybridized carbons (Fsp3) is 0.286. The van der Waals surface area contributed by atoms with Gasteiger partial charge in [-0.15, -0.1) is 0 Å². The van der Waals surface area contributed by atoms with E-state index in [-0.39, 0.29) is 24.1 Å². The number of amides is 3. The Kier molecular flexibility index (Phi) is 6.01. The largest absolute Gasteiger partial charge is 0.491 e. The first-order valence-electron chi connectivity index (χ1n) is 9.19. The molecule has 1 aromatic carbocycles. The molecule has 1 atom stereocenters. The molecule has 1 aromatic heterocycles. The number of rotatable bonds is 7.